The standard InChI is InChI=1S/C15H12F3NO2S/c16-15(17,18)12-3-1-10(2-4-12)14-19(6-8-22-14)13(20)11-5-7-21-9-11/h1-5,7,9,14H,6,8H2. The molecule has 2 aromatic rings. The number of nitrogens with zero attached hydrogens (tertiary/aromatic N) is 1. The summed E-state index contributed by atoms with van der Waals surface area (Å²) in [5, 5.41) is -0.273. The molecule has 0 N–H and O–H groups in total. The van der Waals surface area contributed by atoms with E-state index in [0.29, 0.717) is 17.7 Å². The second kappa shape index (κ2) is 5.72. The van der Waals surface area contributed by atoms with Crippen molar-refractivity contribution in [1.29, 1.82) is 0 Å². The van der Waals surface area contributed by atoms with Crippen LogP contribution in [0.3, 0.4) is 0 Å². The first-order valence-electron chi connectivity index (χ1n) is 6.59. The van der Waals surface area contributed by atoms with Gasteiger partial charge in [0.25, 0.3) is 5.91 Å². The van der Waals surface area contributed by atoms with E-state index < -0.39 is 11.7 Å². The zero-order chi connectivity index (χ0) is 15.7. The Balaban J connectivity index is 1.83. The van der Waals surface area contributed by atoms with E-state index >= 15 is 0 Å². The summed E-state index contributed by atoms with van der Waals surface area (Å²) in [5.74, 6) is 0.568. The highest BCUT2D eigenvalue weighted by Crippen LogP contribution is 2.39. The van der Waals surface area contributed by atoms with E-state index in [1.165, 1.54) is 36.4 Å². The quantitative estimate of drug-likeness (QED) is 0.829. The van der Waals surface area contributed by atoms with E-state index in [-0.39, 0.29) is 11.3 Å². The lowest BCUT2D eigenvalue weighted by Crippen LogP contribution is -2.30. The predicted molar refractivity (Wildman–Crippen MR) is 76.4 cm³/mol. The Morgan fingerprint density at radius 3 is 2.55 bits per heavy atom. The highest BCUT2D eigenvalue weighted by Gasteiger charge is 2.33. The van der Waals surface area contributed by atoms with Crippen molar-refractivity contribution >= 4 is 17.7 Å². The van der Waals surface area contributed by atoms with E-state index in [9.17, 15) is 18.0 Å². The molecule has 0 saturated carbocycles. The van der Waals surface area contributed by atoms with Crippen LogP contribution >= 0.6 is 11.8 Å². The molecular weight excluding hydrogens is 315 g/mol. The minimum Gasteiger partial charge on any atom is -0.472 e. The largest absolute Gasteiger partial charge is 0.472 e. The first-order chi connectivity index (χ1) is 10.5. The summed E-state index contributed by atoms with van der Waals surface area (Å²) in [6.07, 6.45) is -1.56. The molecule has 1 fully saturated rings. The highest BCUT2D eigenvalue weighted by molar-refractivity contribution is 7.99. The second-order valence-electron chi connectivity index (χ2n) is 4.85. The number of carbonyl (C=O) groups excluding carboxylic acids is 1. The summed E-state index contributed by atoms with van der Waals surface area (Å²) in [5.41, 5.74) is 0.443. The van der Waals surface area contributed by atoms with Gasteiger partial charge < -0.3 is 9.32 Å². The SMILES string of the molecule is O=C(c1ccoc1)N1CCSC1c1ccc(C(F)(F)F)cc1. The Bertz CT molecular complexity index is 652. The van der Waals surface area contributed by atoms with Crippen LogP contribution in [0.4, 0.5) is 13.2 Å². The molecular formula is C15H12F3NO2S. The van der Waals surface area contributed by atoms with Crippen molar-refractivity contribution in [3.63, 3.8) is 0 Å². The van der Waals surface area contributed by atoms with Crippen molar-refractivity contribution in [3.8, 4) is 0 Å². The third-order valence-corrected chi connectivity index (χ3v) is 4.70. The van der Waals surface area contributed by atoms with E-state index in [0.717, 1.165) is 17.9 Å². The molecule has 1 aliphatic rings. The number of amides is 1. The van der Waals surface area contributed by atoms with Gasteiger partial charge in [0.1, 0.15) is 11.6 Å². The Labute approximate surface area is 129 Å². The van der Waals surface area contributed by atoms with Gasteiger partial charge in [0.05, 0.1) is 17.4 Å². The van der Waals surface area contributed by atoms with Crippen LogP contribution in [-0.4, -0.2) is 23.1 Å². The van der Waals surface area contributed by atoms with Gasteiger partial charge in [0, 0.05) is 12.3 Å². The first-order valence-corrected chi connectivity index (χ1v) is 7.63. The summed E-state index contributed by atoms with van der Waals surface area (Å²) < 4.78 is 42.7. The van der Waals surface area contributed by atoms with E-state index in [4.69, 9.17) is 4.42 Å². The maximum Gasteiger partial charge on any atom is 0.416 e. The molecule has 1 amide bonds. The van der Waals surface area contributed by atoms with E-state index in [2.05, 4.69) is 0 Å². The first kappa shape index (κ1) is 15.0. The number of furan rings is 1. The van der Waals surface area contributed by atoms with Gasteiger partial charge in [0.15, 0.2) is 0 Å². The van der Waals surface area contributed by atoms with Gasteiger partial charge in [-0.05, 0) is 23.8 Å². The van der Waals surface area contributed by atoms with E-state index in [1.54, 1.807) is 11.0 Å². The van der Waals surface area contributed by atoms with Gasteiger partial charge in [-0.25, -0.2) is 0 Å². The molecule has 3 nitrogen and oxygen atoms in total. The van der Waals surface area contributed by atoms with Crippen LogP contribution in [0.15, 0.2) is 47.3 Å². The van der Waals surface area contributed by atoms with Crippen molar-refractivity contribution in [2.75, 3.05) is 12.3 Å². The van der Waals surface area contributed by atoms with Crippen LogP contribution in [0.5, 0.6) is 0 Å². The summed E-state index contributed by atoms with van der Waals surface area (Å²) >= 11 is 1.54. The van der Waals surface area contributed by atoms with Crippen LogP contribution in [-0.2, 0) is 6.18 Å². The topological polar surface area (TPSA) is 33.5 Å². The summed E-state index contributed by atoms with van der Waals surface area (Å²) in [4.78, 5) is 14.0. The molecule has 1 aromatic carbocycles. The summed E-state index contributed by atoms with van der Waals surface area (Å²) in [6, 6.07) is 6.54. The lowest BCUT2D eigenvalue weighted by molar-refractivity contribution is -0.137. The number of halogens is 3. The summed E-state index contributed by atoms with van der Waals surface area (Å²) in [7, 11) is 0. The Hall–Kier alpha value is -1.89. The molecule has 0 radical (unpaired) electrons. The maximum absolute atomic E-state index is 12.6. The van der Waals surface area contributed by atoms with Gasteiger partial charge >= 0.3 is 6.18 Å². The van der Waals surface area contributed by atoms with Gasteiger partial charge in [-0.2, -0.15) is 13.2 Å². The fourth-order valence-electron chi connectivity index (χ4n) is 2.34. The molecule has 1 atom stereocenters. The lowest BCUT2D eigenvalue weighted by atomic mass is 10.1. The number of carbonyl (C=O) groups is 1. The molecule has 0 bridgehead atoms. The number of thioether (sulfide) groups is 1. The third-order valence-electron chi connectivity index (χ3n) is 3.44. The van der Waals surface area contributed by atoms with Crippen molar-refractivity contribution < 1.29 is 22.4 Å². The normalized spacial score (nSPS) is 18.7. The fraction of sp³-hybridized carbons (Fsp3) is 0.267. The molecule has 2 heterocycles. The zero-order valence-corrected chi connectivity index (χ0v) is 12.2. The third kappa shape index (κ3) is 2.85. The number of alkyl halides is 3. The van der Waals surface area contributed by atoms with Gasteiger partial charge in [-0.15, -0.1) is 11.8 Å². The van der Waals surface area contributed by atoms with Crippen LogP contribution in [0.25, 0.3) is 0 Å². The Morgan fingerprint density at radius 2 is 1.95 bits per heavy atom. The number of hydrogen-bond donors (Lipinski definition) is 0. The van der Waals surface area contributed by atoms with Crippen molar-refractivity contribution in [3.05, 3.63) is 59.5 Å². The molecule has 22 heavy (non-hydrogen) atoms. The van der Waals surface area contributed by atoms with Crippen molar-refractivity contribution in [1.82, 2.24) is 4.90 Å². The maximum atomic E-state index is 12.6. The Morgan fingerprint density at radius 1 is 1.23 bits per heavy atom. The Kier molecular flexibility index (Phi) is 3.90. The van der Waals surface area contributed by atoms with Crippen molar-refractivity contribution in [2.45, 2.75) is 11.6 Å². The molecule has 0 spiro atoms. The molecule has 1 unspecified atom stereocenters. The molecule has 7 heteroatoms. The van der Waals surface area contributed by atoms with Crippen LogP contribution in [0.2, 0.25) is 0 Å². The molecule has 1 saturated heterocycles. The van der Waals surface area contributed by atoms with Gasteiger partial charge in [0.2, 0.25) is 0 Å². The van der Waals surface area contributed by atoms with Crippen molar-refractivity contribution in [2.24, 2.45) is 0 Å². The number of benzene rings is 1. The van der Waals surface area contributed by atoms with Crippen LogP contribution < -0.4 is 0 Å². The van der Waals surface area contributed by atoms with Gasteiger partial charge in [-0.1, -0.05) is 12.1 Å². The molecule has 0 aliphatic carbocycles. The van der Waals surface area contributed by atoms with E-state index in [1.807, 2.05) is 0 Å². The lowest BCUT2D eigenvalue weighted by Gasteiger charge is -2.24. The minimum absolute atomic E-state index is 0.177. The summed E-state index contributed by atoms with van der Waals surface area (Å²) in [6.45, 7) is 0.556. The smallest absolute Gasteiger partial charge is 0.416 e. The molecule has 1 aromatic heterocycles. The molecule has 1 aliphatic heterocycles. The predicted octanol–water partition coefficient (Wildman–Crippen LogP) is 4.19. The molecule has 116 valence electrons. The minimum atomic E-state index is -4.35. The number of hydrogen-bond acceptors (Lipinski definition) is 3. The van der Waals surface area contributed by atoms with Gasteiger partial charge in [-0.3, -0.25) is 4.79 Å². The van der Waals surface area contributed by atoms with Crippen LogP contribution in [0, 0.1) is 0 Å². The average Bonchev–Trinajstić information content (AvgIpc) is 3.17. The number of rotatable bonds is 2. The zero-order valence-electron chi connectivity index (χ0n) is 11.3. The highest BCUT2D eigenvalue weighted by atomic mass is 32.2. The second-order valence-corrected chi connectivity index (χ2v) is 6.04. The molecule has 3 rings (SSSR count). The fourth-order valence-corrected chi connectivity index (χ4v) is 3.60. The van der Waals surface area contributed by atoms with Crippen LogP contribution in [0.1, 0.15) is 26.9 Å². The monoisotopic (exact) mass is 327 g/mol. The average molecular weight is 327 g/mol.